The highest BCUT2D eigenvalue weighted by Crippen LogP contribution is 2.27. The number of rotatable bonds is 7. The van der Waals surface area contributed by atoms with Gasteiger partial charge in [-0.25, -0.2) is 0 Å². The van der Waals surface area contributed by atoms with Gasteiger partial charge in [0.05, 0.1) is 5.69 Å². The number of aromatic nitrogens is 1. The molecule has 0 spiro atoms. The molecule has 2 rings (SSSR count). The van der Waals surface area contributed by atoms with Gasteiger partial charge in [-0.1, -0.05) is 13.3 Å². The molecular formula is C15H25N3. The molecule has 1 aromatic rings. The normalized spacial score (nSPS) is 15.7. The molecular weight excluding hydrogens is 222 g/mol. The summed E-state index contributed by atoms with van der Waals surface area (Å²) in [5, 5.41) is 3.34. The van der Waals surface area contributed by atoms with Crippen molar-refractivity contribution in [3.63, 3.8) is 0 Å². The molecule has 0 aromatic carbocycles. The predicted molar refractivity (Wildman–Crippen MR) is 76.7 cm³/mol. The topological polar surface area (TPSA) is 28.2 Å². The number of hydrogen-bond donors (Lipinski definition) is 1. The fraction of sp³-hybridized carbons (Fsp3) is 0.667. The summed E-state index contributed by atoms with van der Waals surface area (Å²) in [5.74, 6) is 0.932. The van der Waals surface area contributed by atoms with E-state index in [9.17, 15) is 0 Å². The van der Waals surface area contributed by atoms with Crippen LogP contribution in [0.1, 0.15) is 38.8 Å². The summed E-state index contributed by atoms with van der Waals surface area (Å²) in [6, 6.07) is 4.21. The van der Waals surface area contributed by atoms with E-state index in [1.165, 1.54) is 37.2 Å². The molecule has 3 nitrogen and oxygen atoms in total. The van der Waals surface area contributed by atoms with Crippen LogP contribution in [0.4, 0.5) is 5.69 Å². The van der Waals surface area contributed by atoms with E-state index in [1.807, 2.05) is 12.3 Å². The first-order valence-corrected chi connectivity index (χ1v) is 7.23. The maximum atomic E-state index is 4.48. The second kappa shape index (κ2) is 6.74. The molecule has 1 saturated carbocycles. The standard InChI is InChI=1S/C15H25N3/c1-3-16-14-8-9-17-15(10-14)12-18(4-2)11-13-6-5-7-13/h8-10,13H,3-7,11-12H2,1-2H3,(H,16,17). The van der Waals surface area contributed by atoms with E-state index in [0.29, 0.717) is 0 Å². The molecule has 18 heavy (non-hydrogen) atoms. The molecule has 1 aliphatic carbocycles. The van der Waals surface area contributed by atoms with Gasteiger partial charge in [-0.15, -0.1) is 0 Å². The maximum Gasteiger partial charge on any atom is 0.0564 e. The van der Waals surface area contributed by atoms with Crippen LogP contribution in [0.15, 0.2) is 18.3 Å². The zero-order valence-corrected chi connectivity index (χ0v) is 11.7. The van der Waals surface area contributed by atoms with Crippen molar-refractivity contribution in [3.8, 4) is 0 Å². The molecule has 100 valence electrons. The van der Waals surface area contributed by atoms with E-state index in [2.05, 4.69) is 35.1 Å². The van der Waals surface area contributed by atoms with Crippen molar-refractivity contribution >= 4 is 5.69 Å². The molecule has 1 N–H and O–H groups in total. The summed E-state index contributed by atoms with van der Waals surface area (Å²) in [6.45, 7) is 8.66. The molecule has 3 heteroatoms. The smallest absolute Gasteiger partial charge is 0.0564 e. The van der Waals surface area contributed by atoms with Gasteiger partial charge in [-0.3, -0.25) is 9.88 Å². The fourth-order valence-electron chi connectivity index (χ4n) is 2.45. The monoisotopic (exact) mass is 247 g/mol. The van der Waals surface area contributed by atoms with Crippen molar-refractivity contribution in [1.29, 1.82) is 0 Å². The SMILES string of the molecule is CCNc1ccnc(CN(CC)CC2CCC2)c1. The van der Waals surface area contributed by atoms with Crippen molar-refractivity contribution in [2.75, 3.05) is 25.0 Å². The first-order chi connectivity index (χ1) is 8.81. The molecule has 1 aromatic heterocycles. The third kappa shape index (κ3) is 3.70. The van der Waals surface area contributed by atoms with E-state index in [0.717, 1.165) is 25.6 Å². The van der Waals surface area contributed by atoms with Gasteiger partial charge in [-0.05, 0) is 44.4 Å². The second-order valence-corrected chi connectivity index (χ2v) is 5.19. The molecule has 0 aliphatic heterocycles. The summed E-state index contributed by atoms with van der Waals surface area (Å²) in [5.41, 5.74) is 2.36. The fourth-order valence-corrected chi connectivity index (χ4v) is 2.45. The lowest BCUT2D eigenvalue weighted by molar-refractivity contribution is 0.177. The summed E-state index contributed by atoms with van der Waals surface area (Å²) in [6.07, 6.45) is 6.17. The number of nitrogens with zero attached hydrogens (tertiary/aromatic N) is 2. The zero-order chi connectivity index (χ0) is 12.8. The van der Waals surface area contributed by atoms with Crippen molar-refractivity contribution < 1.29 is 0 Å². The molecule has 1 aliphatic rings. The Morgan fingerprint density at radius 1 is 1.39 bits per heavy atom. The van der Waals surface area contributed by atoms with E-state index in [4.69, 9.17) is 0 Å². The summed E-state index contributed by atoms with van der Waals surface area (Å²) in [4.78, 5) is 6.99. The quantitative estimate of drug-likeness (QED) is 0.802. The highest BCUT2D eigenvalue weighted by atomic mass is 15.1. The Kier molecular flexibility index (Phi) is 5.00. The van der Waals surface area contributed by atoms with Crippen LogP contribution in [0.3, 0.4) is 0 Å². The van der Waals surface area contributed by atoms with Gasteiger partial charge in [-0.2, -0.15) is 0 Å². The van der Waals surface area contributed by atoms with Crippen LogP contribution in [0, 0.1) is 5.92 Å². The van der Waals surface area contributed by atoms with Crippen molar-refractivity contribution in [1.82, 2.24) is 9.88 Å². The molecule has 0 bridgehead atoms. The van der Waals surface area contributed by atoms with Crippen LogP contribution < -0.4 is 5.32 Å². The highest BCUT2D eigenvalue weighted by molar-refractivity contribution is 5.42. The van der Waals surface area contributed by atoms with Crippen LogP contribution in [0.5, 0.6) is 0 Å². The van der Waals surface area contributed by atoms with Gasteiger partial charge >= 0.3 is 0 Å². The Hall–Kier alpha value is -1.09. The Balaban J connectivity index is 1.90. The Bertz CT molecular complexity index is 361. The number of pyridine rings is 1. The van der Waals surface area contributed by atoms with Gasteiger partial charge < -0.3 is 5.32 Å². The zero-order valence-electron chi connectivity index (χ0n) is 11.7. The molecule has 0 unspecified atom stereocenters. The van der Waals surface area contributed by atoms with E-state index >= 15 is 0 Å². The Morgan fingerprint density at radius 2 is 2.22 bits per heavy atom. The minimum atomic E-state index is 0.932. The lowest BCUT2D eigenvalue weighted by Gasteiger charge is -2.31. The molecule has 0 radical (unpaired) electrons. The van der Waals surface area contributed by atoms with Crippen LogP contribution in [0.2, 0.25) is 0 Å². The molecule has 0 atom stereocenters. The average Bonchev–Trinajstić information content (AvgIpc) is 2.33. The second-order valence-electron chi connectivity index (χ2n) is 5.19. The molecule has 0 amide bonds. The summed E-state index contributed by atoms with van der Waals surface area (Å²) in [7, 11) is 0. The van der Waals surface area contributed by atoms with Gasteiger partial charge in [0.1, 0.15) is 0 Å². The summed E-state index contributed by atoms with van der Waals surface area (Å²) >= 11 is 0. The third-order valence-electron chi connectivity index (χ3n) is 3.77. The highest BCUT2D eigenvalue weighted by Gasteiger charge is 2.20. The van der Waals surface area contributed by atoms with Gasteiger partial charge in [0.2, 0.25) is 0 Å². The average molecular weight is 247 g/mol. The van der Waals surface area contributed by atoms with Gasteiger partial charge in [0.25, 0.3) is 0 Å². The number of hydrogen-bond acceptors (Lipinski definition) is 3. The predicted octanol–water partition coefficient (Wildman–Crippen LogP) is 3.14. The number of anilines is 1. The van der Waals surface area contributed by atoms with Crippen LogP contribution >= 0.6 is 0 Å². The van der Waals surface area contributed by atoms with Crippen LogP contribution in [-0.4, -0.2) is 29.5 Å². The molecule has 0 saturated heterocycles. The first-order valence-electron chi connectivity index (χ1n) is 7.23. The van der Waals surface area contributed by atoms with Crippen LogP contribution in [-0.2, 0) is 6.54 Å². The first kappa shape index (κ1) is 13.3. The lowest BCUT2D eigenvalue weighted by Crippen LogP contribution is -2.32. The molecule has 1 fully saturated rings. The van der Waals surface area contributed by atoms with Crippen molar-refractivity contribution in [2.24, 2.45) is 5.92 Å². The minimum absolute atomic E-state index is 0.932. The van der Waals surface area contributed by atoms with Crippen LogP contribution in [0.25, 0.3) is 0 Å². The van der Waals surface area contributed by atoms with Gasteiger partial charge in [0.15, 0.2) is 0 Å². The summed E-state index contributed by atoms with van der Waals surface area (Å²) < 4.78 is 0. The Labute approximate surface area is 111 Å². The van der Waals surface area contributed by atoms with Crippen molar-refractivity contribution in [3.05, 3.63) is 24.0 Å². The van der Waals surface area contributed by atoms with E-state index in [-0.39, 0.29) is 0 Å². The van der Waals surface area contributed by atoms with Crippen molar-refractivity contribution in [2.45, 2.75) is 39.7 Å². The van der Waals surface area contributed by atoms with E-state index in [1.54, 1.807) is 0 Å². The number of nitrogens with one attached hydrogen (secondary N) is 1. The lowest BCUT2D eigenvalue weighted by atomic mass is 9.85. The Morgan fingerprint density at radius 3 is 2.83 bits per heavy atom. The van der Waals surface area contributed by atoms with Gasteiger partial charge in [0, 0.05) is 31.5 Å². The minimum Gasteiger partial charge on any atom is -0.385 e. The van der Waals surface area contributed by atoms with E-state index < -0.39 is 0 Å². The maximum absolute atomic E-state index is 4.48. The largest absolute Gasteiger partial charge is 0.385 e. The molecule has 1 heterocycles. The third-order valence-corrected chi connectivity index (χ3v) is 3.77.